The number of para-hydroxylation sites is 1. The molecule has 2 aromatic rings. The topological polar surface area (TPSA) is 12.9 Å². The van der Waals surface area contributed by atoms with Gasteiger partial charge in [-0.25, -0.2) is 4.98 Å². The van der Waals surface area contributed by atoms with E-state index in [1.54, 1.807) is 6.42 Å². The van der Waals surface area contributed by atoms with Crippen molar-refractivity contribution in [3.05, 3.63) is 29.3 Å². The van der Waals surface area contributed by atoms with E-state index in [2.05, 4.69) is 24.3 Å². The molecule has 4 saturated carbocycles. The Morgan fingerprint density at radius 2 is 1.65 bits per heavy atom. The smallest absolute Gasteiger partial charge is 0.0941 e. The largest absolute Gasteiger partial charge is 0.241 e. The number of thiazole rings is 1. The maximum Gasteiger partial charge on any atom is 0.0941 e. The molecule has 0 aliphatic heterocycles. The lowest BCUT2D eigenvalue weighted by atomic mass is 9.51. The van der Waals surface area contributed by atoms with Gasteiger partial charge in [0.1, 0.15) is 0 Å². The van der Waals surface area contributed by atoms with Crippen molar-refractivity contribution < 1.29 is 0 Å². The van der Waals surface area contributed by atoms with Gasteiger partial charge in [0, 0.05) is 6.42 Å². The summed E-state index contributed by atoms with van der Waals surface area (Å²) in [4.78, 5) is 4.88. The van der Waals surface area contributed by atoms with Crippen LogP contribution in [0, 0.1) is 29.6 Å². The van der Waals surface area contributed by atoms with Crippen LogP contribution in [0.25, 0.3) is 10.2 Å². The van der Waals surface area contributed by atoms with Gasteiger partial charge in [-0.1, -0.05) is 12.1 Å². The van der Waals surface area contributed by atoms with Crippen LogP contribution in [0.4, 0.5) is 0 Å². The Hall–Kier alpha value is -0.890. The Morgan fingerprint density at radius 3 is 2.35 bits per heavy atom. The molecule has 0 amide bonds. The quantitative estimate of drug-likeness (QED) is 0.763. The van der Waals surface area contributed by atoms with Crippen LogP contribution in [0.15, 0.2) is 24.3 Å². The first-order chi connectivity index (χ1) is 9.85. The first kappa shape index (κ1) is 11.7. The second-order valence-corrected chi connectivity index (χ2v) is 8.49. The molecule has 1 nitrogen and oxygen atoms in total. The lowest BCUT2D eigenvalue weighted by Crippen LogP contribution is -2.45. The Balaban J connectivity index is 1.43. The van der Waals surface area contributed by atoms with Gasteiger partial charge in [-0.3, -0.25) is 0 Å². The van der Waals surface area contributed by atoms with Gasteiger partial charge >= 0.3 is 0 Å². The number of hydrogen-bond donors (Lipinski definition) is 0. The lowest BCUT2D eigenvalue weighted by Gasteiger charge is -2.54. The molecule has 0 saturated heterocycles. The molecule has 0 N–H and O–H groups in total. The summed E-state index contributed by atoms with van der Waals surface area (Å²) >= 11 is 1.93. The number of nitrogens with zero attached hydrogens (tertiary/aromatic N) is 1. The van der Waals surface area contributed by atoms with Gasteiger partial charge in [-0.2, -0.15) is 0 Å². The van der Waals surface area contributed by atoms with E-state index in [9.17, 15) is 0 Å². The minimum absolute atomic E-state index is 0.948. The molecule has 0 atom stereocenters. The molecule has 0 unspecified atom stereocenters. The zero-order valence-corrected chi connectivity index (χ0v) is 12.6. The summed E-state index contributed by atoms with van der Waals surface area (Å²) in [6.07, 6.45) is 8.94. The van der Waals surface area contributed by atoms with Gasteiger partial charge in [-0.05, 0) is 73.8 Å². The van der Waals surface area contributed by atoms with Crippen LogP contribution in [0.5, 0.6) is 0 Å². The predicted octanol–water partition coefficient (Wildman–Crippen LogP) is 4.91. The van der Waals surface area contributed by atoms with E-state index in [-0.39, 0.29) is 0 Å². The van der Waals surface area contributed by atoms with Crippen molar-refractivity contribution in [3.63, 3.8) is 0 Å². The van der Waals surface area contributed by atoms with Crippen molar-refractivity contribution >= 4 is 21.6 Å². The number of hydrogen-bond acceptors (Lipinski definition) is 2. The highest BCUT2D eigenvalue weighted by atomic mass is 32.1. The third kappa shape index (κ3) is 1.77. The molecule has 1 heterocycles. The average molecular weight is 283 g/mol. The fourth-order valence-corrected chi connectivity index (χ4v) is 6.62. The molecule has 2 heteroatoms. The van der Waals surface area contributed by atoms with E-state index < -0.39 is 0 Å². The summed E-state index contributed by atoms with van der Waals surface area (Å²) < 4.78 is 1.37. The Labute approximate surface area is 124 Å². The van der Waals surface area contributed by atoms with Gasteiger partial charge in [0.15, 0.2) is 0 Å². The van der Waals surface area contributed by atoms with Crippen LogP contribution >= 0.6 is 11.3 Å². The maximum absolute atomic E-state index is 4.88. The van der Waals surface area contributed by atoms with E-state index in [1.165, 1.54) is 47.3 Å². The van der Waals surface area contributed by atoms with Gasteiger partial charge in [0.2, 0.25) is 0 Å². The minimum Gasteiger partial charge on any atom is -0.241 e. The number of benzene rings is 1. The van der Waals surface area contributed by atoms with Crippen molar-refractivity contribution in [2.45, 2.75) is 38.5 Å². The fraction of sp³-hybridized carbons (Fsp3) is 0.611. The second kappa shape index (κ2) is 4.30. The van der Waals surface area contributed by atoms with Crippen LogP contribution in [0.3, 0.4) is 0 Å². The summed E-state index contributed by atoms with van der Waals surface area (Å²) in [5.41, 5.74) is 1.20. The van der Waals surface area contributed by atoms with Gasteiger partial charge < -0.3 is 0 Å². The normalized spacial score (nSPS) is 38.7. The van der Waals surface area contributed by atoms with Crippen LogP contribution in [-0.2, 0) is 6.42 Å². The molecule has 4 fully saturated rings. The summed E-state index contributed by atoms with van der Waals surface area (Å²) in [7, 11) is 0. The lowest BCUT2D eigenvalue weighted by molar-refractivity contribution is -0.0359. The van der Waals surface area contributed by atoms with Gasteiger partial charge in [0.25, 0.3) is 0 Å². The maximum atomic E-state index is 4.88. The molecular formula is C18H21NS. The third-order valence-corrected chi connectivity index (χ3v) is 7.23. The monoisotopic (exact) mass is 283 g/mol. The van der Waals surface area contributed by atoms with Crippen LogP contribution in [0.2, 0.25) is 0 Å². The highest BCUT2D eigenvalue weighted by molar-refractivity contribution is 7.18. The Morgan fingerprint density at radius 1 is 0.950 bits per heavy atom. The first-order valence-corrected chi connectivity index (χ1v) is 9.01. The highest BCUT2D eigenvalue weighted by Gasteiger charge is 2.48. The zero-order chi connectivity index (χ0) is 13.1. The fourth-order valence-electron chi connectivity index (χ4n) is 5.58. The molecule has 1 aromatic heterocycles. The van der Waals surface area contributed by atoms with E-state index in [0.29, 0.717) is 0 Å². The Kier molecular flexibility index (Phi) is 2.52. The molecule has 0 spiro atoms. The van der Waals surface area contributed by atoms with E-state index >= 15 is 0 Å². The summed E-state index contributed by atoms with van der Waals surface area (Å²) in [5.74, 6) is 5.17. The standard InChI is InChI=1S/C18H21NS/c1-2-4-17-16(3-1)19-18(20-17)10-15-13-6-11-5-12(8-13)9-14(15)7-11/h1-4,11-15H,5-10H2. The number of aromatic nitrogens is 1. The van der Waals surface area contributed by atoms with E-state index in [0.717, 1.165) is 29.6 Å². The first-order valence-electron chi connectivity index (χ1n) is 8.19. The van der Waals surface area contributed by atoms with Crippen molar-refractivity contribution in [1.82, 2.24) is 4.98 Å². The zero-order valence-electron chi connectivity index (χ0n) is 11.8. The molecule has 20 heavy (non-hydrogen) atoms. The summed E-state index contributed by atoms with van der Waals surface area (Å²) in [5, 5.41) is 1.39. The van der Waals surface area contributed by atoms with E-state index in [4.69, 9.17) is 4.98 Å². The average Bonchev–Trinajstić information content (AvgIpc) is 2.84. The molecular weight excluding hydrogens is 262 g/mol. The van der Waals surface area contributed by atoms with Gasteiger partial charge in [0.05, 0.1) is 15.2 Å². The van der Waals surface area contributed by atoms with Crippen molar-refractivity contribution in [3.8, 4) is 0 Å². The molecule has 0 radical (unpaired) electrons. The molecule has 4 aliphatic carbocycles. The van der Waals surface area contributed by atoms with E-state index in [1.807, 2.05) is 11.3 Å². The molecule has 4 aliphatic rings. The molecule has 104 valence electrons. The SMILES string of the molecule is c1ccc2sc(CC3C4CC5CC(C4)CC3C5)nc2c1. The molecule has 4 bridgehead atoms. The van der Waals surface area contributed by atoms with Crippen molar-refractivity contribution in [1.29, 1.82) is 0 Å². The second-order valence-electron chi connectivity index (χ2n) is 7.37. The molecule has 6 rings (SSSR count). The third-order valence-electron chi connectivity index (χ3n) is 6.17. The van der Waals surface area contributed by atoms with Crippen LogP contribution in [-0.4, -0.2) is 4.98 Å². The Bertz CT molecular complexity index is 583. The van der Waals surface area contributed by atoms with Crippen molar-refractivity contribution in [2.75, 3.05) is 0 Å². The molecule has 1 aromatic carbocycles. The number of fused-ring (bicyclic) bond motifs is 1. The van der Waals surface area contributed by atoms with Crippen molar-refractivity contribution in [2.24, 2.45) is 29.6 Å². The predicted molar refractivity (Wildman–Crippen MR) is 83.9 cm³/mol. The summed E-state index contributed by atoms with van der Waals surface area (Å²) in [6.45, 7) is 0. The number of rotatable bonds is 2. The highest BCUT2D eigenvalue weighted by Crippen LogP contribution is 2.57. The van der Waals surface area contributed by atoms with Crippen LogP contribution in [0.1, 0.15) is 37.1 Å². The van der Waals surface area contributed by atoms with Crippen LogP contribution < -0.4 is 0 Å². The minimum atomic E-state index is 0.948. The summed E-state index contributed by atoms with van der Waals surface area (Å²) in [6, 6.07) is 8.61. The van der Waals surface area contributed by atoms with Gasteiger partial charge in [-0.15, -0.1) is 11.3 Å².